The predicted octanol–water partition coefficient (Wildman–Crippen LogP) is 2.88. The number of hydrogen-bond acceptors (Lipinski definition) is 4. The van der Waals surface area contributed by atoms with Gasteiger partial charge in [-0.25, -0.2) is 0 Å². The third kappa shape index (κ3) is 3.21. The van der Waals surface area contributed by atoms with E-state index in [1.165, 1.54) is 5.56 Å². The minimum absolute atomic E-state index is 0.117. The second-order valence-corrected chi connectivity index (χ2v) is 7.25. The van der Waals surface area contributed by atoms with Crippen molar-refractivity contribution in [3.63, 3.8) is 0 Å². The summed E-state index contributed by atoms with van der Waals surface area (Å²) in [5.41, 5.74) is 1.06. The summed E-state index contributed by atoms with van der Waals surface area (Å²) in [6.07, 6.45) is 7.15. The number of carbonyl (C=O) groups is 1. The van der Waals surface area contributed by atoms with Gasteiger partial charge in [0.15, 0.2) is 0 Å². The van der Waals surface area contributed by atoms with E-state index in [1.807, 2.05) is 12.3 Å². The first kappa shape index (κ1) is 16.3. The van der Waals surface area contributed by atoms with Crippen molar-refractivity contribution >= 4 is 5.91 Å². The van der Waals surface area contributed by atoms with Gasteiger partial charge in [0.05, 0.1) is 6.54 Å². The lowest BCUT2D eigenvalue weighted by Gasteiger charge is -2.42. The van der Waals surface area contributed by atoms with Gasteiger partial charge in [-0.05, 0) is 36.6 Å². The number of nitrogens with zero attached hydrogens (tertiary/aromatic N) is 2. The highest BCUT2D eigenvalue weighted by atomic mass is 16.3. The number of pyridine rings is 1. The topological polar surface area (TPSA) is 58.4 Å². The van der Waals surface area contributed by atoms with E-state index in [0.29, 0.717) is 6.42 Å². The zero-order valence-electron chi connectivity index (χ0n) is 14.7. The predicted molar refractivity (Wildman–Crippen MR) is 95.1 cm³/mol. The van der Waals surface area contributed by atoms with Crippen LogP contribution >= 0.6 is 0 Å². The molecular weight excluding hydrogens is 314 g/mol. The number of amides is 1. The van der Waals surface area contributed by atoms with E-state index in [9.17, 15) is 4.79 Å². The van der Waals surface area contributed by atoms with Crippen LogP contribution in [0.25, 0.3) is 0 Å². The quantitative estimate of drug-likeness (QED) is 0.930. The fourth-order valence-corrected chi connectivity index (χ4v) is 4.32. The van der Waals surface area contributed by atoms with Crippen LogP contribution in [0.2, 0.25) is 0 Å². The maximum Gasteiger partial charge on any atom is 0.221 e. The Morgan fingerprint density at radius 2 is 2.08 bits per heavy atom. The number of aryl methyl sites for hydroxylation is 1. The molecule has 2 saturated heterocycles. The number of aromatic nitrogens is 1. The van der Waals surface area contributed by atoms with Crippen molar-refractivity contribution in [1.82, 2.24) is 15.2 Å². The van der Waals surface area contributed by atoms with Gasteiger partial charge in [0.25, 0.3) is 0 Å². The number of carbonyl (C=O) groups excluding carboxylic acids is 1. The van der Waals surface area contributed by atoms with Crippen molar-refractivity contribution < 1.29 is 9.21 Å². The number of piperidine rings is 1. The Bertz CT molecular complexity index is 732. The molecule has 0 aromatic carbocycles. The molecule has 4 heterocycles. The Balaban J connectivity index is 1.45. The summed E-state index contributed by atoms with van der Waals surface area (Å²) < 4.78 is 5.84. The van der Waals surface area contributed by atoms with Gasteiger partial charge in [-0.2, -0.15) is 0 Å². The molecule has 1 N–H and O–H groups in total. The molecule has 0 saturated carbocycles. The van der Waals surface area contributed by atoms with Crippen molar-refractivity contribution in [2.75, 3.05) is 13.1 Å². The van der Waals surface area contributed by atoms with Gasteiger partial charge in [-0.15, -0.1) is 0 Å². The van der Waals surface area contributed by atoms with Crippen molar-refractivity contribution in [2.45, 2.75) is 50.6 Å². The van der Waals surface area contributed by atoms with E-state index in [4.69, 9.17) is 4.42 Å². The number of rotatable bonds is 4. The highest BCUT2D eigenvalue weighted by Gasteiger charge is 2.48. The van der Waals surface area contributed by atoms with E-state index in [0.717, 1.165) is 50.4 Å². The second kappa shape index (κ2) is 6.64. The molecule has 25 heavy (non-hydrogen) atoms. The summed E-state index contributed by atoms with van der Waals surface area (Å²) >= 11 is 0. The molecule has 1 atom stereocenters. The first-order chi connectivity index (χ1) is 12.2. The summed E-state index contributed by atoms with van der Waals surface area (Å²) in [5.74, 6) is 2.47. The second-order valence-electron chi connectivity index (χ2n) is 7.25. The standard InChI is InChI=1S/C20H25N3O2/c1-2-16-5-6-17(25-16)14-23-10-7-20(8-11-23)18(12-19(24)22-20)15-4-3-9-21-13-15/h3-6,9,13,18H,2,7-8,10-12,14H2,1H3,(H,22,24). The Hall–Kier alpha value is -2.14. The van der Waals surface area contributed by atoms with Crippen LogP contribution in [0, 0.1) is 0 Å². The first-order valence-electron chi connectivity index (χ1n) is 9.19. The van der Waals surface area contributed by atoms with Crippen LogP contribution in [0.1, 0.15) is 49.2 Å². The summed E-state index contributed by atoms with van der Waals surface area (Å²) in [6.45, 7) is 4.90. The third-order valence-corrected chi connectivity index (χ3v) is 5.73. The molecule has 4 rings (SSSR count). The minimum atomic E-state index is -0.117. The summed E-state index contributed by atoms with van der Waals surface area (Å²) in [5, 5.41) is 3.30. The van der Waals surface area contributed by atoms with E-state index < -0.39 is 0 Å². The smallest absolute Gasteiger partial charge is 0.221 e. The van der Waals surface area contributed by atoms with Gasteiger partial charge in [0, 0.05) is 49.8 Å². The van der Waals surface area contributed by atoms with Crippen LogP contribution in [-0.4, -0.2) is 34.4 Å². The van der Waals surface area contributed by atoms with Crippen molar-refractivity contribution in [2.24, 2.45) is 0 Å². The Labute approximate surface area is 148 Å². The maximum atomic E-state index is 12.1. The van der Waals surface area contributed by atoms with Crippen LogP contribution in [0.15, 0.2) is 41.1 Å². The molecule has 132 valence electrons. The SMILES string of the molecule is CCc1ccc(CN2CCC3(CC2)NC(=O)CC3c2cccnc2)o1. The van der Waals surface area contributed by atoms with E-state index >= 15 is 0 Å². The zero-order valence-corrected chi connectivity index (χ0v) is 14.7. The Morgan fingerprint density at radius 1 is 1.28 bits per heavy atom. The summed E-state index contributed by atoms with van der Waals surface area (Å²) in [7, 11) is 0. The lowest BCUT2D eigenvalue weighted by atomic mass is 9.75. The number of furan rings is 1. The normalized spacial score (nSPS) is 23.1. The van der Waals surface area contributed by atoms with Crippen molar-refractivity contribution in [3.8, 4) is 0 Å². The lowest BCUT2D eigenvalue weighted by Crippen LogP contribution is -2.53. The van der Waals surface area contributed by atoms with Crippen LogP contribution < -0.4 is 5.32 Å². The highest BCUT2D eigenvalue weighted by Crippen LogP contribution is 2.43. The molecule has 0 radical (unpaired) electrons. The molecule has 2 aliphatic heterocycles. The molecule has 0 bridgehead atoms. The van der Waals surface area contributed by atoms with Crippen molar-refractivity contribution in [1.29, 1.82) is 0 Å². The summed E-state index contributed by atoms with van der Waals surface area (Å²) in [6, 6.07) is 8.21. The first-order valence-corrected chi connectivity index (χ1v) is 9.19. The molecular formula is C20H25N3O2. The van der Waals surface area contributed by atoms with Crippen LogP contribution in [0.5, 0.6) is 0 Å². The van der Waals surface area contributed by atoms with E-state index in [-0.39, 0.29) is 17.4 Å². The van der Waals surface area contributed by atoms with Crippen molar-refractivity contribution in [3.05, 3.63) is 53.7 Å². The molecule has 2 fully saturated rings. The van der Waals surface area contributed by atoms with Crippen LogP contribution in [0.3, 0.4) is 0 Å². The average molecular weight is 339 g/mol. The molecule has 1 unspecified atom stereocenters. The minimum Gasteiger partial charge on any atom is -0.465 e. The van der Waals surface area contributed by atoms with Gasteiger partial charge in [-0.1, -0.05) is 13.0 Å². The van der Waals surface area contributed by atoms with Crippen LogP contribution in [-0.2, 0) is 17.8 Å². The van der Waals surface area contributed by atoms with Gasteiger partial charge in [-0.3, -0.25) is 14.7 Å². The number of nitrogens with one attached hydrogen (secondary N) is 1. The van der Waals surface area contributed by atoms with E-state index in [2.05, 4.69) is 40.3 Å². The third-order valence-electron chi connectivity index (χ3n) is 5.73. The van der Waals surface area contributed by atoms with Gasteiger partial charge in [0.1, 0.15) is 11.5 Å². The number of hydrogen-bond donors (Lipinski definition) is 1. The van der Waals surface area contributed by atoms with Gasteiger partial charge < -0.3 is 9.73 Å². The molecule has 2 aromatic rings. The molecule has 2 aliphatic rings. The van der Waals surface area contributed by atoms with Gasteiger partial charge in [0.2, 0.25) is 5.91 Å². The highest BCUT2D eigenvalue weighted by molar-refractivity contribution is 5.81. The van der Waals surface area contributed by atoms with Gasteiger partial charge >= 0.3 is 0 Å². The number of likely N-dealkylation sites (tertiary alicyclic amines) is 1. The fourth-order valence-electron chi connectivity index (χ4n) is 4.32. The Morgan fingerprint density at radius 3 is 2.76 bits per heavy atom. The average Bonchev–Trinajstić information content (AvgIpc) is 3.22. The maximum absolute atomic E-state index is 12.1. The molecule has 1 amide bonds. The largest absolute Gasteiger partial charge is 0.465 e. The monoisotopic (exact) mass is 339 g/mol. The van der Waals surface area contributed by atoms with Crippen LogP contribution in [0.4, 0.5) is 0 Å². The Kier molecular flexibility index (Phi) is 4.34. The molecule has 1 spiro atoms. The molecule has 0 aliphatic carbocycles. The summed E-state index contributed by atoms with van der Waals surface area (Å²) in [4.78, 5) is 18.8. The molecule has 2 aromatic heterocycles. The lowest BCUT2D eigenvalue weighted by molar-refractivity contribution is -0.120. The zero-order chi connectivity index (χ0) is 17.3. The molecule has 5 nitrogen and oxygen atoms in total. The van der Waals surface area contributed by atoms with E-state index in [1.54, 1.807) is 6.20 Å². The molecule has 5 heteroatoms. The fraction of sp³-hybridized carbons (Fsp3) is 0.500.